The van der Waals surface area contributed by atoms with Crippen molar-refractivity contribution in [2.24, 2.45) is 52.8 Å². The molecule has 0 aromatic carbocycles. The van der Waals surface area contributed by atoms with Crippen LogP contribution in [-0.2, 0) is 23.8 Å². The Morgan fingerprint density at radius 1 is 1.17 bits per heavy atom. The highest BCUT2D eigenvalue weighted by Gasteiger charge is 2.64. The third-order valence-electron chi connectivity index (χ3n) is 11.6. The number of nitrogens with zero attached hydrogens (tertiary/aromatic N) is 2. The number of rotatable bonds is 9. The SMILES string of the molecule is CC(C)=C(CO[C@@H]1C2COC[C@@]3(C[C@H]1OC(=O)O)C1=CC(=O)C4C(CCC(CC(C)C)[C@H]4C(=O)O)C1CCC23)Nc1n[nH]c(C)n1. The molecule has 6 unspecified atom stereocenters. The van der Waals surface area contributed by atoms with Gasteiger partial charge in [-0.1, -0.05) is 25.0 Å². The quantitative estimate of drug-likeness (QED) is 0.260. The summed E-state index contributed by atoms with van der Waals surface area (Å²) in [6.45, 7) is 10.9. The second kappa shape index (κ2) is 12.7. The molecule has 2 heterocycles. The Morgan fingerprint density at radius 2 is 1.96 bits per heavy atom. The molecule has 4 aliphatic carbocycles. The molecule has 252 valence electrons. The molecule has 3 saturated carbocycles. The van der Waals surface area contributed by atoms with E-state index in [9.17, 15) is 24.6 Å². The molecule has 46 heavy (non-hydrogen) atoms. The highest BCUT2D eigenvalue weighted by atomic mass is 16.7. The van der Waals surface area contributed by atoms with Crippen LogP contribution in [0.15, 0.2) is 22.9 Å². The van der Waals surface area contributed by atoms with Gasteiger partial charge in [0.1, 0.15) is 18.0 Å². The Balaban J connectivity index is 1.29. The van der Waals surface area contributed by atoms with Crippen LogP contribution in [0.1, 0.15) is 72.0 Å². The molecular formula is C34H48N4O8. The van der Waals surface area contributed by atoms with Crippen molar-refractivity contribution in [2.45, 2.75) is 85.4 Å². The third-order valence-corrected chi connectivity index (χ3v) is 11.6. The van der Waals surface area contributed by atoms with E-state index in [4.69, 9.17) is 14.2 Å². The van der Waals surface area contributed by atoms with Crippen molar-refractivity contribution in [3.05, 3.63) is 28.7 Å². The molecular weight excluding hydrogens is 592 g/mol. The number of aromatic nitrogens is 3. The summed E-state index contributed by atoms with van der Waals surface area (Å²) >= 11 is 0. The lowest BCUT2D eigenvalue weighted by atomic mass is 9.45. The van der Waals surface area contributed by atoms with Gasteiger partial charge in [0.25, 0.3) is 0 Å². The van der Waals surface area contributed by atoms with Crippen molar-refractivity contribution in [3.8, 4) is 0 Å². The zero-order valence-corrected chi connectivity index (χ0v) is 27.5. The van der Waals surface area contributed by atoms with Gasteiger partial charge in [0, 0.05) is 22.9 Å². The average molecular weight is 641 g/mol. The maximum Gasteiger partial charge on any atom is 0.506 e. The molecule has 1 aliphatic heterocycles. The van der Waals surface area contributed by atoms with Crippen LogP contribution in [0, 0.1) is 59.7 Å². The number of nitrogens with one attached hydrogen (secondary N) is 2. The number of ether oxygens (including phenoxy) is 3. The number of aromatic amines is 1. The summed E-state index contributed by atoms with van der Waals surface area (Å²) < 4.78 is 18.4. The van der Waals surface area contributed by atoms with Crippen LogP contribution in [0.5, 0.6) is 0 Å². The molecule has 6 rings (SSSR count). The fourth-order valence-electron chi connectivity index (χ4n) is 9.91. The summed E-state index contributed by atoms with van der Waals surface area (Å²) in [6, 6.07) is 0. The standard InChI is InChI=1S/C34H48N4O8/c1-16(2)10-19-6-7-21-20-8-9-23-22-13-44-15-34(23,24(20)11-26(39)29(21)28(19)31(40)41)12-27(46-33(42)43)30(22)45-14-25(17(3)4)36-32-35-18(5)37-38-32/h11,16,19-23,27-30H,6-10,12-15H2,1-5H3,(H,40,41)(H,42,43)(H2,35,36,37,38)/t19?,20?,21?,22?,23?,27-,28-,29?,30-,34-/m1/s1. The van der Waals surface area contributed by atoms with Crippen molar-refractivity contribution >= 4 is 23.9 Å². The highest BCUT2D eigenvalue weighted by Crippen LogP contribution is 2.64. The first-order valence-electron chi connectivity index (χ1n) is 16.8. The van der Waals surface area contributed by atoms with E-state index in [2.05, 4.69) is 34.3 Å². The normalized spacial score (nSPS) is 36.5. The lowest BCUT2D eigenvalue weighted by Gasteiger charge is -2.62. The van der Waals surface area contributed by atoms with Crippen molar-refractivity contribution in [1.82, 2.24) is 15.2 Å². The Morgan fingerprint density at radius 3 is 2.61 bits per heavy atom. The minimum Gasteiger partial charge on any atom is -0.481 e. The topological polar surface area (TPSA) is 173 Å². The molecule has 2 bridgehead atoms. The van der Waals surface area contributed by atoms with Crippen LogP contribution in [0.2, 0.25) is 0 Å². The third kappa shape index (κ3) is 5.87. The minimum absolute atomic E-state index is 0.0106. The van der Waals surface area contributed by atoms with E-state index in [1.807, 2.05) is 20.8 Å². The van der Waals surface area contributed by atoms with Crippen LogP contribution in [-0.4, -0.2) is 75.3 Å². The van der Waals surface area contributed by atoms with Gasteiger partial charge < -0.3 is 29.7 Å². The second-order valence-corrected chi connectivity index (χ2v) is 14.9. The Labute approximate surface area is 269 Å². The van der Waals surface area contributed by atoms with Crippen molar-refractivity contribution in [3.63, 3.8) is 0 Å². The fraction of sp³-hybridized carbons (Fsp3) is 0.735. The lowest BCUT2D eigenvalue weighted by molar-refractivity contribution is -0.215. The Kier molecular flexibility index (Phi) is 9.06. The molecule has 4 fully saturated rings. The van der Waals surface area contributed by atoms with E-state index in [0.717, 1.165) is 48.9 Å². The number of carbonyl (C=O) groups is 3. The number of fused-ring (bicyclic) bond motifs is 3. The molecule has 1 saturated heterocycles. The number of aryl methyl sites for hydroxylation is 1. The molecule has 10 atom stereocenters. The summed E-state index contributed by atoms with van der Waals surface area (Å²) in [4.78, 5) is 43.0. The summed E-state index contributed by atoms with van der Waals surface area (Å²) in [5, 5.41) is 30.4. The Hall–Kier alpha value is -3.25. The number of carbonyl (C=O) groups excluding carboxylic acids is 1. The number of hydrogen-bond donors (Lipinski definition) is 4. The number of H-pyrrole nitrogens is 1. The van der Waals surface area contributed by atoms with E-state index < -0.39 is 41.6 Å². The summed E-state index contributed by atoms with van der Waals surface area (Å²) in [7, 11) is 0. The monoisotopic (exact) mass is 640 g/mol. The van der Waals surface area contributed by atoms with E-state index in [1.165, 1.54) is 0 Å². The van der Waals surface area contributed by atoms with Gasteiger partial charge in [-0.2, -0.15) is 4.98 Å². The van der Waals surface area contributed by atoms with E-state index in [1.54, 1.807) is 6.08 Å². The van der Waals surface area contributed by atoms with Gasteiger partial charge in [-0.3, -0.25) is 14.7 Å². The molecule has 12 nitrogen and oxygen atoms in total. The number of carboxylic acids is 1. The largest absolute Gasteiger partial charge is 0.506 e. The van der Waals surface area contributed by atoms with E-state index in [-0.39, 0.29) is 42.0 Å². The predicted octanol–water partition coefficient (Wildman–Crippen LogP) is 5.23. The first kappa shape index (κ1) is 32.7. The number of anilines is 1. The van der Waals surface area contributed by atoms with Gasteiger partial charge in [-0.25, -0.2) is 4.79 Å². The first-order chi connectivity index (χ1) is 21.9. The number of ketones is 1. The summed E-state index contributed by atoms with van der Waals surface area (Å²) in [5.41, 5.74) is 2.22. The van der Waals surface area contributed by atoms with Gasteiger partial charge >= 0.3 is 12.1 Å². The average Bonchev–Trinajstić information content (AvgIpc) is 3.39. The fourth-order valence-corrected chi connectivity index (χ4v) is 9.91. The van der Waals surface area contributed by atoms with E-state index >= 15 is 0 Å². The zero-order chi connectivity index (χ0) is 32.9. The van der Waals surface area contributed by atoms with Crippen LogP contribution in [0.4, 0.5) is 10.7 Å². The zero-order valence-electron chi connectivity index (χ0n) is 27.5. The molecule has 0 spiro atoms. The number of aliphatic carboxylic acids is 1. The molecule has 5 aliphatic rings. The summed E-state index contributed by atoms with van der Waals surface area (Å²) in [6.07, 6.45) is 3.61. The molecule has 0 amide bonds. The van der Waals surface area contributed by atoms with Gasteiger partial charge in [-0.15, -0.1) is 5.10 Å². The summed E-state index contributed by atoms with van der Waals surface area (Å²) in [5.74, 6) is -0.698. The van der Waals surface area contributed by atoms with Gasteiger partial charge in [0.15, 0.2) is 5.78 Å². The van der Waals surface area contributed by atoms with Crippen LogP contribution < -0.4 is 5.32 Å². The maximum atomic E-state index is 14.0. The van der Waals surface area contributed by atoms with Gasteiger partial charge in [-0.05, 0) is 95.0 Å². The molecule has 1 aromatic rings. The minimum atomic E-state index is -1.36. The predicted molar refractivity (Wildman–Crippen MR) is 167 cm³/mol. The highest BCUT2D eigenvalue weighted by molar-refractivity contribution is 5.97. The first-order valence-corrected chi connectivity index (χ1v) is 16.8. The number of allylic oxidation sites excluding steroid dienone is 2. The van der Waals surface area contributed by atoms with Crippen molar-refractivity contribution < 1.29 is 38.8 Å². The van der Waals surface area contributed by atoms with Crippen LogP contribution in [0.25, 0.3) is 0 Å². The molecule has 4 N–H and O–H groups in total. The number of carboxylic acid groups (broad SMARTS) is 2. The molecule has 12 heteroatoms. The van der Waals surface area contributed by atoms with Crippen LogP contribution in [0.3, 0.4) is 0 Å². The van der Waals surface area contributed by atoms with Crippen LogP contribution >= 0.6 is 0 Å². The maximum absolute atomic E-state index is 14.0. The van der Waals surface area contributed by atoms with Gasteiger partial charge in [0.05, 0.1) is 25.7 Å². The smallest absolute Gasteiger partial charge is 0.481 e. The van der Waals surface area contributed by atoms with Crippen molar-refractivity contribution in [1.29, 1.82) is 0 Å². The lowest BCUT2D eigenvalue weighted by Crippen LogP contribution is -2.64. The second-order valence-electron chi connectivity index (χ2n) is 14.9. The number of hydrogen-bond acceptors (Lipinski definition) is 9. The molecule has 1 aromatic heterocycles. The molecule has 0 radical (unpaired) electrons. The van der Waals surface area contributed by atoms with Gasteiger partial charge in [0.2, 0.25) is 5.95 Å². The van der Waals surface area contributed by atoms with Crippen molar-refractivity contribution in [2.75, 3.05) is 25.1 Å². The van der Waals surface area contributed by atoms with E-state index in [0.29, 0.717) is 37.3 Å². The Bertz CT molecular complexity index is 1420.